The first-order valence-corrected chi connectivity index (χ1v) is 7.92. The van der Waals surface area contributed by atoms with Gasteiger partial charge in [0.25, 0.3) is 0 Å². The summed E-state index contributed by atoms with van der Waals surface area (Å²) in [5.74, 6) is -0.301. The van der Waals surface area contributed by atoms with Gasteiger partial charge in [0.05, 0.1) is 11.9 Å². The topological polar surface area (TPSA) is 82.9 Å². The van der Waals surface area contributed by atoms with Crippen molar-refractivity contribution in [3.8, 4) is 0 Å². The van der Waals surface area contributed by atoms with E-state index < -0.39 is 0 Å². The molecule has 0 radical (unpaired) electrons. The quantitative estimate of drug-likeness (QED) is 0.697. The molecule has 0 saturated carbocycles. The molecule has 1 aromatic carbocycles. The van der Waals surface area contributed by atoms with Gasteiger partial charge in [0.2, 0.25) is 5.91 Å². The first-order chi connectivity index (χ1) is 10.6. The molecule has 0 bridgehead atoms. The van der Waals surface area contributed by atoms with E-state index in [1.165, 1.54) is 10.9 Å². The summed E-state index contributed by atoms with van der Waals surface area (Å²) in [6.45, 7) is 6.31. The molecule has 5 nitrogen and oxygen atoms in total. The standard InChI is InChI=1S/C17H24N4O/c1-10-11(2)20-17-12(9-15(18)22)3-4-14(16(10)17)21-13-5-7-19-8-6-13/h3-4,13,19-21H,5-9H2,1-2H3,(H2,18,22). The summed E-state index contributed by atoms with van der Waals surface area (Å²) < 4.78 is 0. The van der Waals surface area contributed by atoms with Crippen molar-refractivity contribution >= 4 is 22.5 Å². The van der Waals surface area contributed by atoms with Gasteiger partial charge in [-0.1, -0.05) is 6.07 Å². The van der Waals surface area contributed by atoms with Crippen LogP contribution in [0, 0.1) is 13.8 Å². The number of primary amides is 1. The third-order valence-corrected chi connectivity index (χ3v) is 4.61. The summed E-state index contributed by atoms with van der Waals surface area (Å²) in [7, 11) is 0. The number of carbonyl (C=O) groups is 1. The Balaban J connectivity index is 2.01. The van der Waals surface area contributed by atoms with E-state index >= 15 is 0 Å². The molecule has 5 N–H and O–H groups in total. The third-order valence-electron chi connectivity index (χ3n) is 4.61. The number of hydrogen-bond acceptors (Lipinski definition) is 3. The molecule has 118 valence electrons. The van der Waals surface area contributed by atoms with E-state index in [1.54, 1.807) is 0 Å². The number of aromatic nitrogens is 1. The van der Waals surface area contributed by atoms with Gasteiger partial charge < -0.3 is 21.4 Å². The lowest BCUT2D eigenvalue weighted by Crippen LogP contribution is -2.35. The maximum atomic E-state index is 11.3. The second kappa shape index (κ2) is 6.01. The Morgan fingerprint density at radius 3 is 2.73 bits per heavy atom. The van der Waals surface area contributed by atoms with E-state index in [4.69, 9.17) is 5.73 Å². The van der Waals surface area contributed by atoms with Crippen LogP contribution in [0.1, 0.15) is 29.7 Å². The van der Waals surface area contributed by atoms with Gasteiger partial charge in [0.15, 0.2) is 0 Å². The maximum absolute atomic E-state index is 11.3. The van der Waals surface area contributed by atoms with Crippen molar-refractivity contribution in [2.45, 2.75) is 39.2 Å². The predicted octanol–water partition coefficient (Wildman–Crippen LogP) is 1.98. The molecule has 0 aliphatic carbocycles. The molecule has 1 aliphatic heterocycles. The van der Waals surface area contributed by atoms with Crippen molar-refractivity contribution in [1.29, 1.82) is 0 Å². The van der Waals surface area contributed by atoms with Crippen molar-refractivity contribution in [2.75, 3.05) is 18.4 Å². The van der Waals surface area contributed by atoms with Gasteiger partial charge in [-0.05, 0) is 57.0 Å². The molecule has 1 fully saturated rings. The lowest BCUT2D eigenvalue weighted by molar-refractivity contribution is -0.117. The molecular formula is C17H24N4O. The fraction of sp³-hybridized carbons (Fsp3) is 0.471. The number of carbonyl (C=O) groups excluding carboxylic acids is 1. The van der Waals surface area contributed by atoms with E-state index in [9.17, 15) is 4.79 Å². The van der Waals surface area contributed by atoms with E-state index in [0.29, 0.717) is 6.04 Å². The molecule has 1 amide bonds. The van der Waals surface area contributed by atoms with Crippen LogP contribution in [-0.4, -0.2) is 30.0 Å². The number of nitrogens with two attached hydrogens (primary N) is 1. The van der Waals surface area contributed by atoms with Gasteiger partial charge >= 0.3 is 0 Å². The van der Waals surface area contributed by atoms with Crippen LogP contribution in [0.4, 0.5) is 5.69 Å². The summed E-state index contributed by atoms with van der Waals surface area (Å²) in [6, 6.07) is 4.59. The first-order valence-electron chi connectivity index (χ1n) is 7.92. The van der Waals surface area contributed by atoms with Gasteiger partial charge in [-0.3, -0.25) is 4.79 Å². The molecule has 5 heteroatoms. The molecule has 0 atom stereocenters. The summed E-state index contributed by atoms with van der Waals surface area (Å²) in [5, 5.41) is 8.26. The van der Waals surface area contributed by atoms with Gasteiger partial charge in [0, 0.05) is 22.8 Å². The molecule has 0 spiro atoms. The number of hydrogen-bond donors (Lipinski definition) is 4. The normalized spacial score (nSPS) is 16.1. The Kier molecular flexibility index (Phi) is 4.07. The highest BCUT2D eigenvalue weighted by molar-refractivity contribution is 5.99. The summed E-state index contributed by atoms with van der Waals surface area (Å²) in [5.41, 5.74) is 10.9. The number of aryl methyl sites for hydroxylation is 2. The van der Waals surface area contributed by atoms with Crippen LogP contribution >= 0.6 is 0 Å². The molecule has 2 heterocycles. The number of H-pyrrole nitrogens is 1. The predicted molar refractivity (Wildman–Crippen MR) is 90.2 cm³/mol. The Bertz CT molecular complexity index is 698. The fourth-order valence-electron chi connectivity index (χ4n) is 3.29. The second-order valence-electron chi connectivity index (χ2n) is 6.21. The maximum Gasteiger partial charge on any atom is 0.221 e. The number of piperidine rings is 1. The van der Waals surface area contributed by atoms with Gasteiger partial charge in [-0.2, -0.15) is 0 Å². The minimum atomic E-state index is -0.301. The SMILES string of the molecule is Cc1[nH]c2c(CC(N)=O)ccc(NC3CCNCC3)c2c1C. The Morgan fingerprint density at radius 1 is 1.32 bits per heavy atom. The van der Waals surface area contributed by atoms with E-state index in [-0.39, 0.29) is 12.3 Å². The zero-order chi connectivity index (χ0) is 15.7. The number of anilines is 1. The van der Waals surface area contributed by atoms with E-state index in [2.05, 4.69) is 35.5 Å². The highest BCUT2D eigenvalue weighted by Gasteiger charge is 2.17. The van der Waals surface area contributed by atoms with Gasteiger partial charge in [-0.25, -0.2) is 0 Å². The number of aromatic amines is 1. The Morgan fingerprint density at radius 2 is 2.05 bits per heavy atom. The van der Waals surface area contributed by atoms with Crippen molar-refractivity contribution in [3.63, 3.8) is 0 Å². The minimum Gasteiger partial charge on any atom is -0.382 e. The van der Waals surface area contributed by atoms with Crippen molar-refractivity contribution in [3.05, 3.63) is 29.0 Å². The van der Waals surface area contributed by atoms with Crippen LogP contribution in [0.25, 0.3) is 10.9 Å². The molecule has 1 aromatic heterocycles. The third kappa shape index (κ3) is 2.81. The van der Waals surface area contributed by atoms with E-state index in [1.807, 2.05) is 6.07 Å². The van der Waals surface area contributed by atoms with Gasteiger partial charge in [-0.15, -0.1) is 0 Å². The van der Waals surface area contributed by atoms with Crippen LogP contribution in [0.3, 0.4) is 0 Å². The smallest absolute Gasteiger partial charge is 0.221 e. The van der Waals surface area contributed by atoms with Crippen LogP contribution < -0.4 is 16.4 Å². The Labute approximate surface area is 130 Å². The molecule has 2 aromatic rings. The lowest BCUT2D eigenvalue weighted by atomic mass is 10.0. The van der Waals surface area contributed by atoms with Crippen LogP contribution in [-0.2, 0) is 11.2 Å². The van der Waals surface area contributed by atoms with E-state index in [0.717, 1.165) is 48.4 Å². The number of benzene rings is 1. The largest absolute Gasteiger partial charge is 0.382 e. The van der Waals surface area contributed by atoms with Crippen molar-refractivity contribution in [1.82, 2.24) is 10.3 Å². The number of rotatable bonds is 4. The van der Waals surface area contributed by atoms with Crippen LogP contribution in [0.5, 0.6) is 0 Å². The average molecular weight is 300 g/mol. The summed E-state index contributed by atoms with van der Waals surface area (Å²) in [4.78, 5) is 14.7. The highest BCUT2D eigenvalue weighted by Crippen LogP contribution is 2.32. The summed E-state index contributed by atoms with van der Waals surface area (Å²) >= 11 is 0. The molecule has 22 heavy (non-hydrogen) atoms. The number of amides is 1. The Hall–Kier alpha value is -2.01. The van der Waals surface area contributed by atoms with Crippen molar-refractivity contribution in [2.24, 2.45) is 5.73 Å². The zero-order valence-electron chi connectivity index (χ0n) is 13.3. The molecule has 0 unspecified atom stereocenters. The number of nitrogens with one attached hydrogen (secondary N) is 3. The van der Waals surface area contributed by atoms with Gasteiger partial charge in [0.1, 0.15) is 0 Å². The van der Waals surface area contributed by atoms with Crippen LogP contribution in [0.15, 0.2) is 12.1 Å². The highest BCUT2D eigenvalue weighted by atomic mass is 16.1. The second-order valence-corrected chi connectivity index (χ2v) is 6.21. The fourth-order valence-corrected chi connectivity index (χ4v) is 3.29. The van der Waals surface area contributed by atoms with Crippen molar-refractivity contribution < 1.29 is 4.79 Å². The molecule has 1 aliphatic rings. The minimum absolute atomic E-state index is 0.267. The zero-order valence-corrected chi connectivity index (χ0v) is 13.3. The summed E-state index contributed by atoms with van der Waals surface area (Å²) in [6.07, 6.45) is 2.53. The molecular weight excluding hydrogens is 276 g/mol. The monoisotopic (exact) mass is 300 g/mol. The lowest BCUT2D eigenvalue weighted by Gasteiger charge is -2.25. The number of fused-ring (bicyclic) bond motifs is 1. The van der Waals surface area contributed by atoms with Crippen LogP contribution in [0.2, 0.25) is 0 Å². The average Bonchev–Trinajstić information content (AvgIpc) is 2.79. The molecule has 3 rings (SSSR count). The molecule has 1 saturated heterocycles. The first kappa shape index (κ1) is 14.9.